The third kappa shape index (κ3) is 4.80. The number of carbonyl (C=O) groups excluding carboxylic acids is 1. The van der Waals surface area contributed by atoms with Crippen molar-refractivity contribution < 1.29 is 19.4 Å². The van der Waals surface area contributed by atoms with E-state index in [9.17, 15) is 9.90 Å². The van der Waals surface area contributed by atoms with Gasteiger partial charge in [-0.2, -0.15) is 0 Å². The maximum Gasteiger partial charge on any atom is 0.255 e. The van der Waals surface area contributed by atoms with Crippen LogP contribution in [-0.4, -0.2) is 18.1 Å². The topological polar surface area (TPSA) is 67.8 Å². The van der Waals surface area contributed by atoms with Crippen molar-refractivity contribution in [3.8, 4) is 17.2 Å². The Kier molecular flexibility index (Phi) is 5.98. The Morgan fingerprint density at radius 2 is 1.85 bits per heavy atom. The molecular formula is C21H18BrNO4. The number of rotatable bonds is 6. The molecule has 0 atom stereocenters. The molecule has 0 aliphatic carbocycles. The number of halogens is 1. The quantitative estimate of drug-likeness (QED) is 0.580. The van der Waals surface area contributed by atoms with Crippen LogP contribution in [0.2, 0.25) is 0 Å². The minimum atomic E-state index is -0.325. The molecule has 0 bridgehead atoms. The first-order valence-electron chi connectivity index (χ1n) is 8.21. The van der Waals surface area contributed by atoms with Gasteiger partial charge in [0, 0.05) is 17.3 Å². The molecule has 0 unspecified atom stereocenters. The summed E-state index contributed by atoms with van der Waals surface area (Å²) in [5, 5.41) is 12.3. The van der Waals surface area contributed by atoms with Crippen LogP contribution in [0.5, 0.6) is 17.2 Å². The Bertz CT molecular complexity index is 944. The normalized spacial score (nSPS) is 10.3. The number of ether oxygens (including phenoxy) is 2. The zero-order chi connectivity index (χ0) is 19.2. The summed E-state index contributed by atoms with van der Waals surface area (Å²) in [6.07, 6.45) is 0. The number of aromatic hydroxyl groups is 1. The Balaban J connectivity index is 1.83. The SMILES string of the molecule is COc1c(Br)cc(C(=O)Nc2cccc(O)c2)cc1OCc1ccccc1. The smallest absolute Gasteiger partial charge is 0.255 e. The van der Waals surface area contributed by atoms with Crippen LogP contribution in [0, 0.1) is 0 Å². The van der Waals surface area contributed by atoms with Gasteiger partial charge in [-0.1, -0.05) is 36.4 Å². The molecule has 0 spiro atoms. The van der Waals surface area contributed by atoms with Crippen molar-refractivity contribution in [2.24, 2.45) is 0 Å². The van der Waals surface area contributed by atoms with E-state index in [1.54, 1.807) is 31.4 Å². The molecule has 27 heavy (non-hydrogen) atoms. The maximum atomic E-state index is 12.6. The van der Waals surface area contributed by atoms with Crippen molar-refractivity contribution in [2.45, 2.75) is 6.61 Å². The van der Waals surface area contributed by atoms with Crippen LogP contribution in [0.15, 0.2) is 71.2 Å². The van der Waals surface area contributed by atoms with E-state index in [2.05, 4.69) is 21.2 Å². The number of phenols is 1. The molecule has 0 heterocycles. The average molecular weight is 428 g/mol. The van der Waals surface area contributed by atoms with Gasteiger partial charge in [-0.05, 0) is 45.8 Å². The fourth-order valence-electron chi connectivity index (χ4n) is 2.53. The highest BCUT2D eigenvalue weighted by atomic mass is 79.9. The zero-order valence-electron chi connectivity index (χ0n) is 14.6. The van der Waals surface area contributed by atoms with Gasteiger partial charge in [0.2, 0.25) is 0 Å². The second-order valence-electron chi connectivity index (χ2n) is 5.77. The number of nitrogens with one attached hydrogen (secondary N) is 1. The minimum absolute atomic E-state index is 0.0793. The molecule has 0 saturated heterocycles. The summed E-state index contributed by atoms with van der Waals surface area (Å²) in [6.45, 7) is 0.348. The van der Waals surface area contributed by atoms with Gasteiger partial charge in [-0.3, -0.25) is 4.79 Å². The van der Waals surface area contributed by atoms with Crippen molar-refractivity contribution in [3.05, 3.63) is 82.3 Å². The predicted octanol–water partition coefficient (Wildman–Crippen LogP) is 4.99. The summed E-state index contributed by atoms with van der Waals surface area (Å²) in [6, 6.07) is 19.4. The molecule has 0 saturated carbocycles. The van der Waals surface area contributed by atoms with Crippen molar-refractivity contribution >= 4 is 27.5 Å². The van der Waals surface area contributed by atoms with Gasteiger partial charge in [0.05, 0.1) is 11.6 Å². The van der Waals surface area contributed by atoms with Crippen molar-refractivity contribution in [3.63, 3.8) is 0 Å². The second kappa shape index (κ2) is 8.60. The van der Waals surface area contributed by atoms with Crippen molar-refractivity contribution in [2.75, 3.05) is 12.4 Å². The van der Waals surface area contributed by atoms with E-state index in [1.165, 1.54) is 12.1 Å². The van der Waals surface area contributed by atoms with E-state index in [4.69, 9.17) is 9.47 Å². The highest BCUT2D eigenvalue weighted by Gasteiger charge is 2.16. The maximum absolute atomic E-state index is 12.6. The predicted molar refractivity (Wildman–Crippen MR) is 108 cm³/mol. The van der Waals surface area contributed by atoms with E-state index < -0.39 is 0 Å². The Labute approximate surface area is 165 Å². The van der Waals surface area contributed by atoms with E-state index in [1.807, 2.05) is 30.3 Å². The summed E-state index contributed by atoms with van der Waals surface area (Å²) >= 11 is 3.42. The lowest BCUT2D eigenvalue weighted by atomic mass is 10.1. The van der Waals surface area contributed by atoms with Gasteiger partial charge in [0.15, 0.2) is 11.5 Å². The highest BCUT2D eigenvalue weighted by molar-refractivity contribution is 9.10. The number of hydrogen-bond acceptors (Lipinski definition) is 4. The van der Waals surface area contributed by atoms with E-state index in [-0.39, 0.29) is 11.7 Å². The number of anilines is 1. The zero-order valence-corrected chi connectivity index (χ0v) is 16.2. The third-order valence-corrected chi connectivity index (χ3v) is 4.41. The summed E-state index contributed by atoms with van der Waals surface area (Å²) < 4.78 is 11.9. The van der Waals surface area contributed by atoms with Crippen LogP contribution < -0.4 is 14.8 Å². The third-order valence-electron chi connectivity index (χ3n) is 3.82. The molecule has 5 nitrogen and oxygen atoms in total. The highest BCUT2D eigenvalue weighted by Crippen LogP contribution is 2.37. The molecule has 1 amide bonds. The first-order valence-corrected chi connectivity index (χ1v) is 9.01. The van der Waals surface area contributed by atoms with E-state index in [0.717, 1.165) is 5.56 Å². The number of amides is 1. The van der Waals surface area contributed by atoms with Gasteiger partial charge < -0.3 is 19.9 Å². The first-order chi connectivity index (χ1) is 13.1. The molecule has 0 aliphatic heterocycles. The number of phenolic OH excluding ortho intramolecular Hbond substituents is 1. The second-order valence-corrected chi connectivity index (χ2v) is 6.62. The molecule has 2 N–H and O–H groups in total. The summed E-state index contributed by atoms with van der Waals surface area (Å²) in [7, 11) is 1.54. The van der Waals surface area contributed by atoms with Gasteiger partial charge in [-0.25, -0.2) is 0 Å². The van der Waals surface area contributed by atoms with Gasteiger partial charge >= 0.3 is 0 Å². The fraction of sp³-hybridized carbons (Fsp3) is 0.0952. The monoisotopic (exact) mass is 427 g/mol. The van der Waals surface area contributed by atoms with Gasteiger partial charge in [0.25, 0.3) is 5.91 Å². The first kappa shape index (κ1) is 18.8. The van der Waals surface area contributed by atoms with Crippen molar-refractivity contribution in [1.82, 2.24) is 0 Å². The van der Waals surface area contributed by atoms with Crippen LogP contribution in [0.25, 0.3) is 0 Å². The van der Waals surface area contributed by atoms with Crippen LogP contribution >= 0.6 is 15.9 Å². The number of benzene rings is 3. The molecular weight excluding hydrogens is 410 g/mol. The van der Waals surface area contributed by atoms with Gasteiger partial charge in [-0.15, -0.1) is 0 Å². The molecule has 3 aromatic rings. The molecule has 3 rings (SSSR count). The standard InChI is InChI=1S/C21H18BrNO4/c1-26-20-18(22)10-15(21(25)23-16-8-5-9-17(24)12-16)11-19(20)27-13-14-6-3-2-4-7-14/h2-12,24H,13H2,1H3,(H,23,25). The minimum Gasteiger partial charge on any atom is -0.508 e. The average Bonchev–Trinajstić information content (AvgIpc) is 2.66. The van der Waals surface area contributed by atoms with E-state index >= 15 is 0 Å². The Morgan fingerprint density at radius 3 is 2.56 bits per heavy atom. The molecule has 0 fully saturated rings. The molecule has 0 aromatic heterocycles. The molecule has 0 aliphatic rings. The fourth-order valence-corrected chi connectivity index (χ4v) is 3.13. The van der Waals surface area contributed by atoms with E-state index in [0.29, 0.717) is 33.8 Å². The largest absolute Gasteiger partial charge is 0.508 e. The molecule has 3 aromatic carbocycles. The number of hydrogen-bond donors (Lipinski definition) is 2. The summed E-state index contributed by atoms with van der Waals surface area (Å²) in [5.41, 5.74) is 1.90. The molecule has 0 radical (unpaired) electrons. The lowest BCUT2D eigenvalue weighted by Crippen LogP contribution is -2.12. The summed E-state index contributed by atoms with van der Waals surface area (Å²) in [4.78, 5) is 12.6. The number of methoxy groups -OCH3 is 1. The van der Waals surface area contributed by atoms with Crippen LogP contribution in [0.3, 0.4) is 0 Å². The lowest BCUT2D eigenvalue weighted by molar-refractivity contribution is 0.102. The molecule has 138 valence electrons. The lowest BCUT2D eigenvalue weighted by Gasteiger charge is -2.14. The Morgan fingerprint density at radius 1 is 1.07 bits per heavy atom. The molecule has 6 heteroatoms. The van der Waals surface area contributed by atoms with Gasteiger partial charge in [0.1, 0.15) is 12.4 Å². The van der Waals surface area contributed by atoms with Crippen molar-refractivity contribution in [1.29, 1.82) is 0 Å². The number of carbonyl (C=O) groups is 1. The van der Waals surface area contributed by atoms with Crippen LogP contribution in [0.4, 0.5) is 5.69 Å². The summed E-state index contributed by atoms with van der Waals surface area (Å²) in [5.74, 6) is 0.723. The van der Waals surface area contributed by atoms with Crippen LogP contribution in [-0.2, 0) is 6.61 Å². The Hall–Kier alpha value is -2.99. The van der Waals surface area contributed by atoms with Crippen LogP contribution in [0.1, 0.15) is 15.9 Å².